The third kappa shape index (κ3) is 3.59. The van der Waals surface area contributed by atoms with E-state index in [0.29, 0.717) is 0 Å². The number of nitrogens with one attached hydrogen (secondary N) is 1. The minimum absolute atomic E-state index is 0.774. The van der Waals surface area contributed by atoms with E-state index in [9.17, 15) is 0 Å². The first-order chi connectivity index (χ1) is 9.43. The third-order valence-corrected chi connectivity index (χ3v) is 5.62. The first-order valence-electron chi connectivity index (χ1n) is 7.93. The molecule has 3 rings (SSSR count). The van der Waals surface area contributed by atoms with Crippen LogP contribution in [0.1, 0.15) is 48.5 Å². The van der Waals surface area contributed by atoms with E-state index >= 15 is 0 Å². The first kappa shape index (κ1) is 13.6. The van der Waals surface area contributed by atoms with Crippen molar-refractivity contribution in [3.63, 3.8) is 0 Å². The molecule has 2 aliphatic rings. The van der Waals surface area contributed by atoms with Gasteiger partial charge in [0.15, 0.2) is 0 Å². The molecule has 3 heteroatoms. The number of hydrogen-bond donors (Lipinski definition) is 1. The molecule has 1 unspecified atom stereocenters. The van der Waals surface area contributed by atoms with E-state index in [1.165, 1.54) is 64.7 Å². The minimum atomic E-state index is 0.774. The monoisotopic (exact) mass is 278 g/mol. The first-order valence-corrected chi connectivity index (χ1v) is 8.81. The fourth-order valence-corrected chi connectivity index (χ4v) is 4.50. The van der Waals surface area contributed by atoms with Crippen LogP contribution in [0.2, 0.25) is 0 Å². The molecule has 2 nitrogen and oxygen atoms in total. The Kier molecular flexibility index (Phi) is 4.91. The molecule has 19 heavy (non-hydrogen) atoms. The topological polar surface area (TPSA) is 15.3 Å². The summed E-state index contributed by atoms with van der Waals surface area (Å²) >= 11 is 1.96. The number of aryl methyl sites for hydroxylation is 1. The van der Waals surface area contributed by atoms with Gasteiger partial charge in [0.2, 0.25) is 0 Å². The predicted molar refractivity (Wildman–Crippen MR) is 83.2 cm³/mol. The molecule has 0 radical (unpaired) electrons. The molecule has 1 aromatic heterocycles. The van der Waals surface area contributed by atoms with E-state index in [1.54, 1.807) is 10.4 Å². The lowest BCUT2D eigenvalue weighted by molar-refractivity contribution is 0.228. The smallest absolute Gasteiger partial charge is 0.0107 e. The number of rotatable bonds is 5. The highest BCUT2D eigenvalue weighted by Crippen LogP contribution is 2.34. The van der Waals surface area contributed by atoms with Gasteiger partial charge >= 0.3 is 0 Å². The van der Waals surface area contributed by atoms with Crippen LogP contribution in [-0.4, -0.2) is 37.6 Å². The molecule has 0 bridgehead atoms. The van der Waals surface area contributed by atoms with Gasteiger partial charge in [-0.25, -0.2) is 0 Å². The van der Waals surface area contributed by atoms with Gasteiger partial charge in [0.25, 0.3) is 0 Å². The van der Waals surface area contributed by atoms with Crippen LogP contribution >= 0.6 is 11.3 Å². The quantitative estimate of drug-likeness (QED) is 0.832. The summed E-state index contributed by atoms with van der Waals surface area (Å²) in [4.78, 5) is 4.27. The molecule has 1 saturated heterocycles. The molecule has 1 N–H and O–H groups in total. The summed E-state index contributed by atoms with van der Waals surface area (Å²) in [7, 11) is 0. The van der Waals surface area contributed by atoms with E-state index in [4.69, 9.17) is 0 Å². The lowest BCUT2D eigenvalue weighted by Gasteiger charge is -2.27. The molecule has 106 valence electrons. The number of likely N-dealkylation sites (tertiary alicyclic amines) is 1. The van der Waals surface area contributed by atoms with Crippen LogP contribution < -0.4 is 5.32 Å². The molecular formula is C16H26N2S. The number of nitrogens with zero attached hydrogens (tertiary/aromatic N) is 1. The molecule has 0 saturated carbocycles. The van der Waals surface area contributed by atoms with Crippen LogP contribution in [0.15, 0.2) is 11.4 Å². The van der Waals surface area contributed by atoms with Gasteiger partial charge < -0.3 is 10.2 Å². The van der Waals surface area contributed by atoms with Crippen molar-refractivity contribution in [2.24, 2.45) is 0 Å². The normalized spacial score (nSPS) is 24.3. The zero-order valence-corrected chi connectivity index (χ0v) is 12.7. The average Bonchev–Trinajstić information content (AvgIpc) is 2.94. The molecule has 2 heterocycles. The van der Waals surface area contributed by atoms with Gasteiger partial charge in [0.05, 0.1) is 0 Å². The Bertz CT molecular complexity index is 382. The summed E-state index contributed by atoms with van der Waals surface area (Å²) in [5.41, 5.74) is 1.64. The van der Waals surface area contributed by atoms with Crippen LogP contribution in [0.3, 0.4) is 0 Å². The molecule has 0 aromatic carbocycles. The van der Waals surface area contributed by atoms with Crippen molar-refractivity contribution in [2.75, 3.05) is 32.7 Å². The van der Waals surface area contributed by atoms with E-state index < -0.39 is 0 Å². The van der Waals surface area contributed by atoms with E-state index in [2.05, 4.69) is 21.7 Å². The lowest BCUT2D eigenvalue weighted by Crippen LogP contribution is -2.37. The summed E-state index contributed by atoms with van der Waals surface area (Å²) in [5, 5.41) is 5.97. The number of piperidine rings is 1. The largest absolute Gasteiger partial charge is 0.315 e. The second-order valence-corrected chi connectivity index (χ2v) is 7.00. The average molecular weight is 278 g/mol. The van der Waals surface area contributed by atoms with Gasteiger partial charge in [-0.1, -0.05) is 6.42 Å². The summed E-state index contributed by atoms with van der Waals surface area (Å²) < 4.78 is 0. The van der Waals surface area contributed by atoms with Gasteiger partial charge in [-0.3, -0.25) is 0 Å². The molecule has 1 aliphatic heterocycles. The van der Waals surface area contributed by atoms with Crippen molar-refractivity contribution in [2.45, 2.75) is 44.4 Å². The number of thiophene rings is 1. The zero-order chi connectivity index (χ0) is 12.9. The van der Waals surface area contributed by atoms with E-state index in [1.807, 2.05) is 11.3 Å². The molecule has 0 amide bonds. The number of hydrogen-bond acceptors (Lipinski definition) is 3. The Hall–Kier alpha value is -0.380. The predicted octanol–water partition coefficient (Wildman–Crippen LogP) is 3.24. The second-order valence-electron chi connectivity index (χ2n) is 5.99. The summed E-state index contributed by atoms with van der Waals surface area (Å²) in [6.07, 6.45) is 8.32. The molecular weight excluding hydrogens is 252 g/mol. The van der Waals surface area contributed by atoms with Crippen LogP contribution in [0.5, 0.6) is 0 Å². The maximum Gasteiger partial charge on any atom is 0.0107 e. The second kappa shape index (κ2) is 6.87. The van der Waals surface area contributed by atoms with Gasteiger partial charge in [-0.05, 0) is 68.1 Å². The van der Waals surface area contributed by atoms with Gasteiger partial charge in [-0.2, -0.15) is 0 Å². The van der Waals surface area contributed by atoms with Crippen molar-refractivity contribution in [1.82, 2.24) is 10.2 Å². The van der Waals surface area contributed by atoms with Gasteiger partial charge in [0.1, 0.15) is 0 Å². The van der Waals surface area contributed by atoms with Crippen molar-refractivity contribution >= 4 is 11.3 Å². The standard InChI is InChI=1S/C16H26N2S/c1-2-9-18(10-3-1)11-8-17-13-14-5-4-6-16-15(14)7-12-19-16/h7,12,14,17H,1-6,8-11,13H2. The van der Waals surface area contributed by atoms with Crippen molar-refractivity contribution < 1.29 is 0 Å². The SMILES string of the molecule is c1cc2c(s1)CCCC2CNCCN1CCCCC1. The highest BCUT2D eigenvalue weighted by Gasteiger charge is 2.20. The van der Waals surface area contributed by atoms with E-state index in [-0.39, 0.29) is 0 Å². The highest BCUT2D eigenvalue weighted by molar-refractivity contribution is 7.10. The maximum absolute atomic E-state index is 3.70. The fraction of sp³-hybridized carbons (Fsp3) is 0.750. The van der Waals surface area contributed by atoms with Crippen LogP contribution in [0.4, 0.5) is 0 Å². The Morgan fingerprint density at radius 3 is 3.00 bits per heavy atom. The molecule has 1 aromatic rings. The minimum Gasteiger partial charge on any atom is -0.315 e. The van der Waals surface area contributed by atoms with Crippen molar-refractivity contribution in [1.29, 1.82) is 0 Å². The Balaban J connectivity index is 1.39. The Labute approximate surface area is 121 Å². The molecule has 1 fully saturated rings. The summed E-state index contributed by atoms with van der Waals surface area (Å²) in [6.45, 7) is 6.22. The Morgan fingerprint density at radius 1 is 1.21 bits per heavy atom. The van der Waals surface area contributed by atoms with Crippen LogP contribution in [-0.2, 0) is 6.42 Å². The molecule has 0 spiro atoms. The highest BCUT2D eigenvalue weighted by atomic mass is 32.1. The maximum atomic E-state index is 3.70. The zero-order valence-electron chi connectivity index (χ0n) is 11.9. The lowest BCUT2D eigenvalue weighted by atomic mass is 9.88. The van der Waals surface area contributed by atoms with Gasteiger partial charge in [0, 0.05) is 24.5 Å². The Morgan fingerprint density at radius 2 is 2.11 bits per heavy atom. The van der Waals surface area contributed by atoms with E-state index in [0.717, 1.165) is 12.5 Å². The third-order valence-electron chi connectivity index (χ3n) is 4.62. The van der Waals surface area contributed by atoms with Crippen LogP contribution in [0.25, 0.3) is 0 Å². The molecule has 1 atom stereocenters. The van der Waals surface area contributed by atoms with Crippen molar-refractivity contribution in [3.8, 4) is 0 Å². The van der Waals surface area contributed by atoms with Gasteiger partial charge in [-0.15, -0.1) is 11.3 Å². The summed E-state index contributed by atoms with van der Waals surface area (Å²) in [6, 6.07) is 2.36. The van der Waals surface area contributed by atoms with Crippen molar-refractivity contribution in [3.05, 3.63) is 21.9 Å². The molecule has 1 aliphatic carbocycles. The summed E-state index contributed by atoms with van der Waals surface area (Å²) in [5.74, 6) is 0.774. The number of fused-ring (bicyclic) bond motifs is 1. The van der Waals surface area contributed by atoms with Crippen LogP contribution in [0, 0.1) is 0 Å². The fourth-order valence-electron chi connectivity index (χ4n) is 3.49.